The van der Waals surface area contributed by atoms with E-state index in [1.165, 1.54) is 44.2 Å². The summed E-state index contributed by atoms with van der Waals surface area (Å²) in [6, 6.07) is 69.0. The Labute approximate surface area is 353 Å². The standard InChI is InChI=1S/C57H38N2O2/c1-57(2)48-27-25-35-12-3-4-19-46(35)54(48)47-26-24-40(34-49(47)57)36-13-9-14-37(28-36)43-31-44(38-15-10-17-41(29-38)55-58-50-20-5-7-22-52(50)60-55)33-45(32-43)39-16-11-18-42(30-39)56-59-51-21-6-8-23-53(51)61-56/h3-34H,1-2H3. The van der Waals surface area contributed by atoms with Crippen molar-refractivity contribution >= 4 is 33.0 Å². The number of hydrogen-bond acceptors (Lipinski definition) is 4. The fourth-order valence-electron chi connectivity index (χ4n) is 9.35. The minimum Gasteiger partial charge on any atom is -0.436 e. The van der Waals surface area contributed by atoms with Crippen molar-refractivity contribution in [2.45, 2.75) is 19.3 Å². The molecule has 288 valence electrons. The quantitative estimate of drug-likeness (QED) is 0.169. The van der Waals surface area contributed by atoms with E-state index in [1.54, 1.807) is 0 Å². The van der Waals surface area contributed by atoms with Crippen LogP contribution < -0.4 is 0 Å². The maximum absolute atomic E-state index is 6.22. The topological polar surface area (TPSA) is 52.1 Å². The van der Waals surface area contributed by atoms with Crippen molar-refractivity contribution < 1.29 is 8.83 Å². The van der Waals surface area contributed by atoms with E-state index in [0.29, 0.717) is 11.8 Å². The van der Waals surface area contributed by atoms with E-state index in [1.807, 2.05) is 48.5 Å². The van der Waals surface area contributed by atoms with Crippen molar-refractivity contribution in [3.05, 3.63) is 205 Å². The van der Waals surface area contributed by atoms with E-state index in [0.717, 1.165) is 66.7 Å². The summed E-state index contributed by atoms with van der Waals surface area (Å²) in [6.07, 6.45) is 0. The van der Waals surface area contributed by atoms with Gasteiger partial charge in [0.05, 0.1) is 0 Å². The monoisotopic (exact) mass is 782 g/mol. The van der Waals surface area contributed by atoms with Gasteiger partial charge in [-0.25, -0.2) is 9.97 Å². The lowest BCUT2D eigenvalue weighted by Crippen LogP contribution is -2.15. The van der Waals surface area contributed by atoms with Crippen LogP contribution in [0.5, 0.6) is 0 Å². The molecule has 0 saturated carbocycles. The summed E-state index contributed by atoms with van der Waals surface area (Å²) in [5.41, 5.74) is 19.4. The van der Waals surface area contributed by atoms with Crippen molar-refractivity contribution in [2.75, 3.05) is 0 Å². The molecule has 0 saturated heterocycles. The molecule has 4 nitrogen and oxygen atoms in total. The molecule has 1 aliphatic carbocycles. The molecule has 0 unspecified atom stereocenters. The minimum atomic E-state index is -0.121. The molecule has 0 amide bonds. The normalized spacial score (nSPS) is 12.9. The van der Waals surface area contributed by atoms with Crippen LogP contribution in [0.4, 0.5) is 0 Å². The molecule has 12 rings (SSSR count). The number of oxazole rings is 2. The molecule has 0 bridgehead atoms. The molecule has 0 fully saturated rings. The summed E-state index contributed by atoms with van der Waals surface area (Å²) < 4.78 is 12.4. The van der Waals surface area contributed by atoms with Gasteiger partial charge in [0.1, 0.15) is 11.0 Å². The van der Waals surface area contributed by atoms with Gasteiger partial charge in [-0.05, 0) is 156 Å². The maximum atomic E-state index is 6.22. The smallest absolute Gasteiger partial charge is 0.227 e. The molecule has 61 heavy (non-hydrogen) atoms. The van der Waals surface area contributed by atoms with Gasteiger partial charge in [-0.15, -0.1) is 0 Å². The second-order valence-corrected chi connectivity index (χ2v) is 16.6. The first kappa shape index (κ1) is 35.2. The zero-order valence-electron chi connectivity index (χ0n) is 33.7. The van der Waals surface area contributed by atoms with Gasteiger partial charge in [0.2, 0.25) is 11.8 Å². The second kappa shape index (κ2) is 13.6. The molecule has 2 heterocycles. The van der Waals surface area contributed by atoms with Gasteiger partial charge < -0.3 is 8.83 Å². The van der Waals surface area contributed by atoms with Crippen LogP contribution in [-0.2, 0) is 5.41 Å². The first-order valence-electron chi connectivity index (χ1n) is 20.8. The van der Waals surface area contributed by atoms with Crippen LogP contribution in [0.25, 0.3) is 112 Å². The lowest BCUT2D eigenvalue weighted by molar-refractivity contribution is 0.619. The summed E-state index contributed by atoms with van der Waals surface area (Å²) in [5.74, 6) is 1.21. The molecular formula is C57H38N2O2. The number of benzene rings is 9. The number of nitrogens with zero attached hydrogens (tertiary/aromatic N) is 2. The summed E-state index contributed by atoms with van der Waals surface area (Å²) in [6.45, 7) is 4.72. The summed E-state index contributed by atoms with van der Waals surface area (Å²) >= 11 is 0. The van der Waals surface area contributed by atoms with Gasteiger partial charge in [-0.2, -0.15) is 0 Å². The van der Waals surface area contributed by atoms with Crippen LogP contribution in [0.1, 0.15) is 25.0 Å². The van der Waals surface area contributed by atoms with E-state index >= 15 is 0 Å². The van der Waals surface area contributed by atoms with Crippen molar-refractivity contribution in [1.82, 2.24) is 9.97 Å². The SMILES string of the molecule is CC1(C)c2cc(-c3cccc(-c4cc(-c5cccc(-c6nc7ccccc7o6)c5)cc(-c5cccc(-c6nc7ccccc7o6)c5)c4)c3)ccc2-c2c1ccc1ccccc21. The average molecular weight is 783 g/mol. The molecule has 0 N–H and O–H groups in total. The molecule has 0 atom stereocenters. The Morgan fingerprint density at radius 3 is 1.39 bits per heavy atom. The Hall–Kier alpha value is -7.82. The third-order valence-corrected chi connectivity index (χ3v) is 12.5. The van der Waals surface area contributed by atoms with Crippen molar-refractivity contribution in [3.8, 4) is 78.5 Å². The molecule has 0 radical (unpaired) electrons. The highest BCUT2D eigenvalue weighted by atomic mass is 16.4. The average Bonchev–Trinajstić information content (AvgIpc) is 4.02. The van der Waals surface area contributed by atoms with E-state index in [-0.39, 0.29) is 5.41 Å². The van der Waals surface area contributed by atoms with Crippen LogP contribution in [0.15, 0.2) is 203 Å². The number of hydrogen-bond donors (Lipinski definition) is 0. The molecule has 1 aliphatic rings. The zero-order valence-corrected chi connectivity index (χ0v) is 33.7. The van der Waals surface area contributed by atoms with Crippen molar-refractivity contribution in [2.24, 2.45) is 0 Å². The van der Waals surface area contributed by atoms with Crippen LogP contribution in [0.3, 0.4) is 0 Å². The summed E-state index contributed by atoms with van der Waals surface area (Å²) in [7, 11) is 0. The van der Waals surface area contributed by atoms with Gasteiger partial charge in [0.15, 0.2) is 11.2 Å². The van der Waals surface area contributed by atoms with Gasteiger partial charge in [0, 0.05) is 16.5 Å². The highest BCUT2D eigenvalue weighted by Gasteiger charge is 2.36. The Morgan fingerprint density at radius 1 is 0.361 bits per heavy atom. The first-order valence-corrected chi connectivity index (χ1v) is 20.8. The van der Waals surface area contributed by atoms with E-state index < -0.39 is 0 Å². The molecule has 0 spiro atoms. The molecule has 9 aromatic carbocycles. The molecular weight excluding hydrogens is 745 g/mol. The van der Waals surface area contributed by atoms with Gasteiger partial charge in [-0.3, -0.25) is 0 Å². The largest absolute Gasteiger partial charge is 0.436 e. The van der Waals surface area contributed by atoms with Gasteiger partial charge >= 0.3 is 0 Å². The summed E-state index contributed by atoms with van der Waals surface area (Å²) in [4.78, 5) is 9.63. The summed E-state index contributed by atoms with van der Waals surface area (Å²) in [5, 5.41) is 2.59. The van der Waals surface area contributed by atoms with E-state index in [2.05, 4.69) is 159 Å². The fraction of sp³-hybridized carbons (Fsp3) is 0.0526. The molecule has 0 aliphatic heterocycles. The van der Waals surface area contributed by atoms with Gasteiger partial charge in [0.25, 0.3) is 0 Å². The first-order chi connectivity index (χ1) is 29.9. The Balaban J connectivity index is 0.978. The van der Waals surface area contributed by atoms with Crippen molar-refractivity contribution in [3.63, 3.8) is 0 Å². The maximum Gasteiger partial charge on any atom is 0.227 e. The molecule has 2 aromatic heterocycles. The van der Waals surface area contributed by atoms with Crippen LogP contribution in [0.2, 0.25) is 0 Å². The number of rotatable bonds is 6. The number of aromatic nitrogens is 2. The fourth-order valence-corrected chi connectivity index (χ4v) is 9.35. The molecule has 4 heteroatoms. The zero-order chi connectivity index (χ0) is 40.7. The minimum absolute atomic E-state index is 0.121. The Morgan fingerprint density at radius 2 is 0.820 bits per heavy atom. The Bertz CT molecular complexity index is 3330. The van der Waals surface area contributed by atoms with Crippen LogP contribution in [-0.4, -0.2) is 9.97 Å². The van der Waals surface area contributed by atoms with E-state index in [9.17, 15) is 0 Å². The van der Waals surface area contributed by atoms with Crippen LogP contribution in [0, 0.1) is 0 Å². The number of para-hydroxylation sites is 4. The second-order valence-electron chi connectivity index (χ2n) is 16.6. The van der Waals surface area contributed by atoms with Crippen molar-refractivity contribution in [1.29, 1.82) is 0 Å². The predicted molar refractivity (Wildman–Crippen MR) is 249 cm³/mol. The van der Waals surface area contributed by atoms with Crippen LogP contribution >= 0.6 is 0 Å². The third-order valence-electron chi connectivity index (χ3n) is 12.5. The lowest BCUT2D eigenvalue weighted by atomic mass is 9.81. The highest BCUT2D eigenvalue weighted by Crippen LogP contribution is 2.52. The molecule has 11 aromatic rings. The Kier molecular flexibility index (Phi) is 7.85. The lowest BCUT2D eigenvalue weighted by Gasteiger charge is -2.22. The van der Waals surface area contributed by atoms with Gasteiger partial charge in [-0.1, -0.05) is 129 Å². The third kappa shape index (κ3) is 5.90. The van der Waals surface area contributed by atoms with E-state index in [4.69, 9.17) is 18.8 Å². The predicted octanol–water partition coefficient (Wildman–Crippen LogP) is 15.4. The number of fused-ring (bicyclic) bond motifs is 7. The highest BCUT2D eigenvalue weighted by molar-refractivity contribution is 6.03.